The average Bonchev–Trinajstić information content (AvgIpc) is 3.09. The van der Waals surface area contributed by atoms with E-state index in [-0.39, 0.29) is 24.0 Å². The molecule has 0 fully saturated rings. The Morgan fingerprint density at radius 3 is 2.71 bits per heavy atom. The second-order valence-corrected chi connectivity index (χ2v) is 7.30. The van der Waals surface area contributed by atoms with Crippen molar-refractivity contribution < 1.29 is 23.0 Å². The van der Waals surface area contributed by atoms with Crippen LogP contribution in [-0.2, 0) is 17.8 Å². The molecular weight excluding hydrogens is 386 g/mol. The number of rotatable bonds is 8. The molecule has 0 atom stereocenters. The largest absolute Gasteiger partial charge is 0.493 e. The topological polar surface area (TPSA) is 51.7 Å². The molecule has 2 aromatic carbocycles. The van der Waals surface area contributed by atoms with Gasteiger partial charge in [0.15, 0.2) is 11.5 Å². The van der Waals surface area contributed by atoms with E-state index >= 15 is 0 Å². The van der Waals surface area contributed by atoms with Gasteiger partial charge in [0, 0.05) is 26.4 Å². The lowest BCUT2D eigenvalue weighted by molar-refractivity contribution is -0.130. The Kier molecular flexibility index (Phi) is 6.41. The second-order valence-electron chi connectivity index (χ2n) is 6.19. The third-order valence-electron chi connectivity index (χ3n) is 4.18. The third-order valence-corrected chi connectivity index (χ3v) is 5.28. The number of methoxy groups -OCH3 is 1. The molecule has 0 saturated carbocycles. The first-order valence-electron chi connectivity index (χ1n) is 8.66. The lowest BCUT2D eigenvalue weighted by Crippen LogP contribution is -2.26. The van der Waals surface area contributed by atoms with Crippen molar-refractivity contribution in [1.82, 2.24) is 9.88 Å². The number of thiazole rings is 1. The van der Waals surface area contributed by atoms with Crippen LogP contribution in [0.5, 0.6) is 11.5 Å². The fraction of sp³-hybridized carbons (Fsp3) is 0.300. The van der Waals surface area contributed by atoms with Crippen LogP contribution in [0, 0.1) is 0 Å². The lowest BCUT2D eigenvalue weighted by Gasteiger charge is -2.18. The van der Waals surface area contributed by atoms with Gasteiger partial charge in [0.2, 0.25) is 5.91 Å². The Bertz CT molecular complexity index is 929. The summed E-state index contributed by atoms with van der Waals surface area (Å²) in [5, 5.41) is 0.917. The van der Waals surface area contributed by atoms with Crippen LogP contribution in [0.2, 0.25) is 0 Å². The van der Waals surface area contributed by atoms with Crippen molar-refractivity contribution in [2.45, 2.75) is 26.0 Å². The van der Waals surface area contributed by atoms with E-state index < -0.39 is 6.61 Å². The molecule has 0 saturated heterocycles. The van der Waals surface area contributed by atoms with Crippen molar-refractivity contribution in [3.8, 4) is 11.5 Å². The van der Waals surface area contributed by atoms with Crippen molar-refractivity contribution in [3.63, 3.8) is 0 Å². The Hall–Kier alpha value is -2.74. The molecule has 3 rings (SSSR count). The number of para-hydroxylation sites is 1. The fourth-order valence-corrected chi connectivity index (χ4v) is 3.77. The molecule has 0 bridgehead atoms. The van der Waals surface area contributed by atoms with Crippen LogP contribution in [0.3, 0.4) is 0 Å². The van der Waals surface area contributed by atoms with E-state index in [9.17, 15) is 13.6 Å². The van der Waals surface area contributed by atoms with Gasteiger partial charge in [0.1, 0.15) is 0 Å². The number of nitrogens with zero attached hydrogens (tertiary/aromatic N) is 2. The fourth-order valence-electron chi connectivity index (χ4n) is 2.80. The molecule has 148 valence electrons. The number of aryl methyl sites for hydroxylation is 1. The molecule has 0 aliphatic rings. The number of fused-ring (bicyclic) bond motifs is 1. The van der Waals surface area contributed by atoms with Gasteiger partial charge in [-0.3, -0.25) is 4.79 Å². The average molecular weight is 406 g/mol. The smallest absolute Gasteiger partial charge is 0.387 e. The summed E-state index contributed by atoms with van der Waals surface area (Å²) in [6.07, 6.45) is 0.887. The van der Waals surface area contributed by atoms with Crippen molar-refractivity contribution >= 4 is 27.5 Å². The molecule has 28 heavy (non-hydrogen) atoms. The van der Waals surface area contributed by atoms with Crippen LogP contribution < -0.4 is 9.47 Å². The highest BCUT2D eigenvalue weighted by atomic mass is 32.1. The number of aromatic nitrogens is 1. The number of amides is 1. The molecule has 0 aliphatic heterocycles. The van der Waals surface area contributed by atoms with Gasteiger partial charge in [-0.05, 0) is 29.8 Å². The van der Waals surface area contributed by atoms with Crippen molar-refractivity contribution in [2.24, 2.45) is 0 Å². The van der Waals surface area contributed by atoms with E-state index in [1.54, 1.807) is 35.4 Å². The predicted octanol–water partition coefficient (Wildman–Crippen LogP) is 4.50. The molecule has 0 unspecified atom stereocenters. The van der Waals surface area contributed by atoms with Gasteiger partial charge in [-0.1, -0.05) is 18.2 Å². The van der Waals surface area contributed by atoms with Crippen LogP contribution in [0.25, 0.3) is 10.2 Å². The molecule has 0 aliphatic carbocycles. The van der Waals surface area contributed by atoms with Crippen LogP contribution in [0.15, 0.2) is 42.5 Å². The highest BCUT2D eigenvalue weighted by Crippen LogP contribution is 2.30. The third kappa shape index (κ3) is 4.95. The Labute approximate surface area is 165 Å². The van der Waals surface area contributed by atoms with Crippen LogP contribution >= 0.6 is 11.3 Å². The Morgan fingerprint density at radius 2 is 2.00 bits per heavy atom. The number of hydrogen-bond acceptors (Lipinski definition) is 5. The van der Waals surface area contributed by atoms with E-state index in [0.29, 0.717) is 18.4 Å². The summed E-state index contributed by atoms with van der Waals surface area (Å²) >= 11 is 1.58. The molecule has 0 spiro atoms. The number of benzene rings is 2. The molecule has 8 heteroatoms. The molecule has 1 heterocycles. The monoisotopic (exact) mass is 406 g/mol. The summed E-state index contributed by atoms with van der Waals surface area (Å²) in [5.41, 5.74) is 1.61. The molecule has 5 nitrogen and oxygen atoms in total. The molecule has 0 radical (unpaired) electrons. The van der Waals surface area contributed by atoms with Crippen molar-refractivity contribution in [2.75, 3.05) is 14.2 Å². The van der Waals surface area contributed by atoms with Gasteiger partial charge in [0.05, 0.1) is 22.3 Å². The Morgan fingerprint density at radius 1 is 1.21 bits per heavy atom. The molecule has 0 N–H and O–H groups in total. The number of hydrogen-bond donors (Lipinski definition) is 0. The summed E-state index contributed by atoms with van der Waals surface area (Å²) in [6, 6.07) is 12.6. The minimum absolute atomic E-state index is 0.0496. The minimum atomic E-state index is -2.95. The first-order chi connectivity index (χ1) is 13.5. The number of carbonyl (C=O) groups is 1. The maximum absolute atomic E-state index is 12.6. The molecule has 1 aromatic heterocycles. The number of alkyl halides is 2. The van der Waals surface area contributed by atoms with Crippen LogP contribution in [-0.4, -0.2) is 36.6 Å². The quantitative estimate of drug-likeness (QED) is 0.553. The zero-order valence-corrected chi connectivity index (χ0v) is 16.3. The summed E-state index contributed by atoms with van der Waals surface area (Å²) in [7, 11) is 3.06. The van der Waals surface area contributed by atoms with E-state index in [0.717, 1.165) is 15.2 Å². The van der Waals surface area contributed by atoms with E-state index in [4.69, 9.17) is 4.74 Å². The first-order valence-corrected chi connectivity index (χ1v) is 9.48. The number of carbonyl (C=O) groups excluding carboxylic acids is 1. The molecule has 3 aromatic rings. The van der Waals surface area contributed by atoms with Gasteiger partial charge in [-0.2, -0.15) is 8.78 Å². The highest BCUT2D eigenvalue weighted by Gasteiger charge is 2.15. The maximum atomic E-state index is 12.6. The predicted molar refractivity (Wildman–Crippen MR) is 104 cm³/mol. The van der Waals surface area contributed by atoms with Crippen LogP contribution in [0.1, 0.15) is 17.0 Å². The van der Waals surface area contributed by atoms with Gasteiger partial charge in [0.25, 0.3) is 0 Å². The van der Waals surface area contributed by atoms with Gasteiger partial charge in [-0.15, -0.1) is 11.3 Å². The van der Waals surface area contributed by atoms with E-state index in [1.165, 1.54) is 13.2 Å². The van der Waals surface area contributed by atoms with E-state index in [1.807, 2.05) is 24.3 Å². The first kappa shape index (κ1) is 20.0. The summed E-state index contributed by atoms with van der Waals surface area (Å²) in [6.45, 7) is -2.67. The zero-order chi connectivity index (χ0) is 20.1. The van der Waals surface area contributed by atoms with Gasteiger partial charge >= 0.3 is 6.61 Å². The standard InChI is InChI=1S/C20H20F2N2O3S/c1-24(12-13-7-8-15(26-2)16(11-13)27-20(21)22)19(25)10-9-18-23-14-5-3-4-6-17(14)28-18/h3-8,11,20H,9-10,12H2,1-2H3. The number of ether oxygens (including phenoxy) is 2. The summed E-state index contributed by atoms with van der Waals surface area (Å²) in [4.78, 5) is 18.5. The Balaban J connectivity index is 1.60. The zero-order valence-electron chi connectivity index (χ0n) is 15.5. The molecule has 1 amide bonds. The lowest BCUT2D eigenvalue weighted by atomic mass is 10.2. The summed E-state index contributed by atoms with van der Waals surface area (Å²) in [5.74, 6) is 0.116. The second kappa shape index (κ2) is 8.97. The maximum Gasteiger partial charge on any atom is 0.387 e. The van der Waals surface area contributed by atoms with Gasteiger partial charge < -0.3 is 14.4 Å². The highest BCUT2D eigenvalue weighted by molar-refractivity contribution is 7.18. The number of halogens is 2. The summed E-state index contributed by atoms with van der Waals surface area (Å²) < 4.78 is 35.7. The SMILES string of the molecule is COc1ccc(CN(C)C(=O)CCc2nc3ccccc3s2)cc1OC(F)F. The van der Waals surface area contributed by atoms with E-state index in [2.05, 4.69) is 9.72 Å². The van der Waals surface area contributed by atoms with Gasteiger partial charge in [-0.25, -0.2) is 4.98 Å². The molecular formula is C20H20F2N2O3S. The normalized spacial score (nSPS) is 11.0. The van der Waals surface area contributed by atoms with Crippen molar-refractivity contribution in [1.29, 1.82) is 0 Å². The van der Waals surface area contributed by atoms with Crippen LogP contribution in [0.4, 0.5) is 8.78 Å². The van der Waals surface area contributed by atoms with Crippen molar-refractivity contribution in [3.05, 3.63) is 53.0 Å². The minimum Gasteiger partial charge on any atom is -0.493 e.